The number of carboxylic acids is 2. The fraction of sp³-hybridized carbons (Fsp3) is 0.0667. The molecule has 5 heteroatoms. The monoisotopic (exact) mass is 274 g/mol. The highest BCUT2D eigenvalue weighted by Crippen LogP contribution is 2.29. The summed E-state index contributed by atoms with van der Waals surface area (Å²) >= 11 is 0. The molecule has 4 nitrogen and oxygen atoms in total. The molecule has 0 aromatic heterocycles. The third-order valence-electron chi connectivity index (χ3n) is 3.07. The molecular weight excluding hydrogens is 263 g/mol. The Morgan fingerprint density at radius 1 is 1.00 bits per heavy atom. The van der Waals surface area contributed by atoms with E-state index in [-0.39, 0.29) is 16.7 Å². The Kier molecular flexibility index (Phi) is 3.52. The first-order valence-corrected chi connectivity index (χ1v) is 5.78. The fourth-order valence-electron chi connectivity index (χ4n) is 2.02. The summed E-state index contributed by atoms with van der Waals surface area (Å²) in [4.78, 5) is 22.0. The minimum atomic E-state index is -1.17. The average Bonchev–Trinajstić information content (AvgIpc) is 2.39. The largest absolute Gasteiger partial charge is 0.478 e. The summed E-state index contributed by atoms with van der Waals surface area (Å²) in [5.74, 6) is -2.88. The molecule has 102 valence electrons. The van der Waals surface area contributed by atoms with Crippen molar-refractivity contribution in [2.45, 2.75) is 6.92 Å². The van der Waals surface area contributed by atoms with Gasteiger partial charge in [0.15, 0.2) is 0 Å². The highest BCUT2D eigenvalue weighted by atomic mass is 19.1. The summed E-state index contributed by atoms with van der Waals surface area (Å²) in [6.07, 6.45) is 0. The highest BCUT2D eigenvalue weighted by molar-refractivity contribution is 5.93. The number of benzene rings is 2. The number of halogens is 1. The number of aromatic carboxylic acids is 2. The van der Waals surface area contributed by atoms with Crippen LogP contribution in [0.4, 0.5) is 4.39 Å². The van der Waals surface area contributed by atoms with Crippen LogP contribution in [0.25, 0.3) is 11.1 Å². The molecule has 0 saturated heterocycles. The standard InChI is InChI=1S/C15H11FO4/c1-8-10(3-2-4-11(8)15(19)20)12-7-9(14(17)18)5-6-13(12)16/h2-7H,1H3,(H,17,18)(H,19,20). The zero-order chi connectivity index (χ0) is 14.9. The molecule has 0 aliphatic carbocycles. The SMILES string of the molecule is Cc1c(C(=O)O)cccc1-c1cc(C(=O)O)ccc1F. The van der Waals surface area contributed by atoms with Crippen molar-refractivity contribution in [2.24, 2.45) is 0 Å². The van der Waals surface area contributed by atoms with Crippen LogP contribution in [0.1, 0.15) is 26.3 Å². The van der Waals surface area contributed by atoms with Crippen LogP contribution in [0.2, 0.25) is 0 Å². The van der Waals surface area contributed by atoms with E-state index in [2.05, 4.69) is 0 Å². The van der Waals surface area contributed by atoms with Crippen LogP contribution >= 0.6 is 0 Å². The normalized spacial score (nSPS) is 10.3. The average molecular weight is 274 g/mol. The molecule has 0 aliphatic heterocycles. The molecule has 20 heavy (non-hydrogen) atoms. The quantitative estimate of drug-likeness (QED) is 0.901. The summed E-state index contributed by atoms with van der Waals surface area (Å²) in [7, 11) is 0. The molecule has 0 radical (unpaired) electrons. The van der Waals surface area contributed by atoms with Crippen molar-refractivity contribution in [3.8, 4) is 11.1 Å². The van der Waals surface area contributed by atoms with Crippen LogP contribution in [0.3, 0.4) is 0 Å². The van der Waals surface area contributed by atoms with E-state index in [1.54, 1.807) is 13.0 Å². The summed E-state index contributed by atoms with van der Waals surface area (Å²) in [6.45, 7) is 1.56. The fourth-order valence-corrected chi connectivity index (χ4v) is 2.02. The zero-order valence-electron chi connectivity index (χ0n) is 10.6. The van der Waals surface area contributed by atoms with Crippen molar-refractivity contribution < 1.29 is 24.2 Å². The van der Waals surface area contributed by atoms with Gasteiger partial charge in [0.1, 0.15) is 5.82 Å². The molecule has 0 heterocycles. The van der Waals surface area contributed by atoms with Crippen LogP contribution in [-0.4, -0.2) is 22.2 Å². The molecule has 0 fully saturated rings. The first kappa shape index (κ1) is 13.7. The van der Waals surface area contributed by atoms with Crippen molar-refractivity contribution in [2.75, 3.05) is 0 Å². The number of carbonyl (C=O) groups is 2. The molecular formula is C15H11FO4. The molecule has 0 spiro atoms. The molecule has 2 aromatic carbocycles. The molecule has 2 aromatic rings. The summed E-state index contributed by atoms with van der Waals surface area (Å²) in [5.41, 5.74) is 0.835. The first-order chi connectivity index (χ1) is 9.41. The van der Waals surface area contributed by atoms with Gasteiger partial charge < -0.3 is 10.2 Å². The molecule has 0 bridgehead atoms. The maximum absolute atomic E-state index is 13.9. The van der Waals surface area contributed by atoms with E-state index in [0.29, 0.717) is 11.1 Å². The topological polar surface area (TPSA) is 74.6 Å². The van der Waals surface area contributed by atoms with Crippen LogP contribution in [0.5, 0.6) is 0 Å². The van der Waals surface area contributed by atoms with Gasteiger partial charge in [0.25, 0.3) is 0 Å². The van der Waals surface area contributed by atoms with Crippen molar-refractivity contribution in [3.63, 3.8) is 0 Å². The van der Waals surface area contributed by atoms with Gasteiger partial charge >= 0.3 is 11.9 Å². The van der Waals surface area contributed by atoms with Gasteiger partial charge in [0.2, 0.25) is 0 Å². The maximum Gasteiger partial charge on any atom is 0.335 e. The first-order valence-electron chi connectivity index (χ1n) is 5.78. The summed E-state index contributed by atoms with van der Waals surface area (Å²) in [5, 5.41) is 18.0. The van der Waals surface area contributed by atoms with E-state index in [4.69, 9.17) is 10.2 Å². The van der Waals surface area contributed by atoms with E-state index in [1.807, 2.05) is 0 Å². The van der Waals surface area contributed by atoms with Crippen molar-refractivity contribution in [1.29, 1.82) is 0 Å². The second-order valence-corrected chi connectivity index (χ2v) is 4.28. The number of hydrogen-bond donors (Lipinski definition) is 2. The van der Waals surface area contributed by atoms with Gasteiger partial charge in [0.05, 0.1) is 11.1 Å². The third-order valence-corrected chi connectivity index (χ3v) is 3.07. The summed E-state index contributed by atoms with van der Waals surface area (Å²) < 4.78 is 13.9. The Hall–Kier alpha value is -2.69. The predicted octanol–water partition coefficient (Wildman–Crippen LogP) is 3.20. The van der Waals surface area contributed by atoms with Gasteiger partial charge in [-0.05, 0) is 42.3 Å². The Balaban J connectivity index is 2.68. The van der Waals surface area contributed by atoms with Gasteiger partial charge in [-0.1, -0.05) is 12.1 Å². The van der Waals surface area contributed by atoms with E-state index in [1.165, 1.54) is 18.2 Å². The molecule has 0 atom stereocenters. The molecule has 0 amide bonds. The molecule has 2 rings (SSSR count). The molecule has 0 unspecified atom stereocenters. The van der Waals surface area contributed by atoms with E-state index in [0.717, 1.165) is 12.1 Å². The van der Waals surface area contributed by atoms with Crippen LogP contribution in [0.15, 0.2) is 36.4 Å². The smallest absolute Gasteiger partial charge is 0.335 e. The zero-order valence-corrected chi connectivity index (χ0v) is 10.6. The van der Waals surface area contributed by atoms with Gasteiger partial charge in [0, 0.05) is 5.56 Å². The Bertz CT molecular complexity index is 707. The van der Waals surface area contributed by atoms with Crippen LogP contribution < -0.4 is 0 Å². The third kappa shape index (κ3) is 2.38. The predicted molar refractivity (Wildman–Crippen MR) is 70.5 cm³/mol. The van der Waals surface area contributed by atoms with E-state index >= 15 is 0 Å². The van der Waals surface area contributed by atoms with Gasteiger partial charge in [-0.3, -0.25) is 0 Å². The van der Waals surface area contributed by atoms with Crippen LogP contribution in [0, 0.1) is 12.7 Å². The van der Waals surface area contributed by atoms with Crippen molar-refractivity contribution in [1.82, 2.24) is 0 Å². The van der Waals surface area contributed by atoms with Crippen molar-refractivity contribution in [3.05, 3.63) is 58.9 Å². The molecule has 2 N–H and O–H groups in total. The molecule has 0 aliphatic rings. The Morgan fingerprint density at radius 2 is 1.70 bits per heavy atom. The van der Waals surface area contributed by atoms with Gasteiger partial charge in [-0.25, -0.2) is 14.0 Å². The number of rotatable bonds is 3. The maximum atomic E-state index is 13.9. The molecule has 0 saturated carbocycles. The summed E-state index contributed by atoms with van der Waals surface area (Å²) in [6, 6.07) is 7.90. The minimum Gasteiger partial charge on any atom is -0.478 e. The van der Waals surface area contributed by atoms with E-state index < -0.39 is 17.8 Å². The Morgan fingerprint density at radius 3 is 2.30 bits per heavy atom. The lowest BCUT2D eigenvalue weighted by Crippen LogP contribution is -2.02. The van der Waals surface area contributed by atoms with Gasteiger partial charge in [-0.15, -0.1) is 0 Å². The lowest BCUT2D eigenvalue weighted by atomic mass is 9.95. The highest BCUT2D eigenvalue weighted by Gasteiger charge is 2.15. The lowest BCUT2D eigenvalue weighted by Gasteiger charge is -2.10. The Labute approximate surface area is 114 Å². The van der Waals surface area contributed by atoms with Crippen molar-refractivity contribution >= 4 is 11.9 Å². The van der Waals surface area contributed by atoms with E-state index in [9.17, 15) is 14.0 Å². The second kappa shape index (κ2) is 5.13. The minimum absolute atomic E-state index is 0.0541. The lowest BCUT2D eigenvalue weighted by molar-refractivity contribution is 0.0685. The number of hydrogen-bond acceptors (Lipinski definition) is 2. The van der Waals surface area contributed by atoms with Crippen LogP contribution in [-0.2, 0) is 0 Å². The van der Waals surface area contributed by atoms with Gasteiger partial charge in [-0.2, -0.15) is 0 Å². The number of carboxylic acid groups (broad SMARTS) is 2. The second-order valence-electron chi connectivity index (χ2n) is 4.28.